The lowest BCUT2D eigenvalue weighted by molar-refractivity contribution is 0.0730. The summed E-state index contributed by atoms with van der Waals surface area (Å²) in [7, 11) is -1.17. The number of carbonyl (C=O) groups excluding carboxylic acids is 1. The highest BCUT2D eigenvalue weighted by molar-refractivity contribution is 6.76. The highest BCUT2D eigenvalue weighted by Gasteiger charge is 2.36. The van der Waals surface area contributed by atoms with Crippen LogP contribution >= 0.6 is 0 Å². The summed E-state index contributed by atoms with van der Waals surface area (Å²) in [4.78, 5) is 24.9. The van der Waals surface area contributed by atoms with E-state index in [0.717, 1.165) is 35.6 Å². The van der Waals surface area contributed by atoms with Gasteiger partial charge in [0, 0.05) is 26.9 Å². The van der Waals surface area contributed by atoms with Crippen LogP contribution in [0.15, 0.2) is 18.5 Å². The first kappa shape index (κ1) is 25.2. The Kier molecular flexibility index (Phi) is 7.18. The summed E-state index contributed by atoms with van der Waals surface area (Å²) in [5.74, 6) is 2.90. The largest absolute Gasteiger partial charge is 0.360 e. The van der Waals surface area contributed by atoms with Gasteiger partial charge < -0.3 is 9.64 Å². The number of ketones is 1. The predicted molar refractivity (Wildman–Crippen MR) is 137 cm³/mol. The minimum atomic E-state index is -1.17. The summed E-state index contributed by atoms with van der Waals surface area (Å²) in [5, 5.41) is 13.0. The molecule has 0 bridgehead atoms. The fraction of sp³-hybridized carbons (Fsp3) is 0.583. The Morgan fingerprint density at radius 1 is 1.23 bits per heavy atom. The number of anilines is 1. The third-order valence-corrected chi connectivity index (χ3v) is 7.95. The SMILES string of the molecule is CC[C@@H]1c2nnc(C)n2-c2cnc(CC(=O)c3ccnn3COCC[Si](C)(C)C)nc2N1C(C)C. The summed E-state index contributed by atoms with van der Waals surface area (Å²) in [5.41, 5.74) is 1.35. The molecule has 3 aromatic heterocycles. The van der Waals surface area contributed by atoms with Crippen LogP contribution in [0.4, 0.5) is 5.82 Å². The molecule has 0 saturated carbocycles. The molecule has 0 N–H and O–H groups in total. The molecular formula is C24H36N8O2Si. The van der Waals surface area contributed by atoms with Crippen LogP contribution in [0, 0.1) is 6.92 Å². The first-order valence-electron chi connectivity index (χ1n) is 12.3. The highest BCUT2D eigenvalue weighted by Crippen LogP contribution is 2.39. The van der Waals surface area contributed by atoms with Crippen LogP contribution in [0.3, 0.4) is 0 Å². The second-order valence-corrected chi connectivity index (χ2v) is 16.1. The smallest absolute Gasteiger partial charge is 0.188 e. The maximum atomic E-state index is 13.2. The average molecular weight is 497 g/mol. The van der Waals surface area contributed by atoms with Crippen molar-refractivity contribution in [3.05, 3.63) is 41.6 Å². The number of ether oxygens (including phenoxy) is 1. The lowest BCUT2D eigenvalue weighted by atomic mass is 10.1. The minimum Gasteiger partial charge on any atom is -0.360 e. The summed E-state index contributed by atoms with van der Waals surface area (Å²) in [6.07, 6.45) is 4.36. The Hall–Kier alpha value is -2.92. The molecule has 0 aliphatic carbocycles. The topological polar surface area (TPSA) is 104 Å². The molecule has 188 valence electrons. The van der Waals surface area contributed by atoms with Gasteiger partial charge in [0.25, 0.3) is 0 Å². The molecule has 0 amide bonds. The molecule has 1 aliphatic heterocycles. The summed E-state index contributed by atoms with van der Waals surface area (Å²) >= 11 is 0. The first-order chi connectivity index (χ1) is 16.6. The van der Waals surface area contributed by atoms with Crippen LogP contribution in [0.1, 0.15) is 61.2 Å². The van der Waals surface area contributed by atoms with E-state index in [1.807, 2.05) is 11.5 Å². The molecule has 0 spiro atoms. The van der Waals surface area contributed by atoms with Crippen molar-refractivity contribution < 1.29 is 9.53 Å². The van der Waals surface area contributed by atoms with E-state index in [9.17, 15) is 4.79 Å². The molecule has 0 fully saturated rings. The van der Waals surface area contributed by atoms with E-state index in [1.165, 1.54) is 0 Å². The normalized spacial score (nSPS) is 15.4. The van der Waals surface area contributed by atoms with Crippen molar-refractivity contribution in [3.63, 3.8) is 0 Å². The quantitative estimate of drug-likeness (QED) is 0.236. The van der Waals surface area contributed by atoms with Gasteiger partial charge in [-0.3, -0.25) is 9.36 Å². The van der Waals surface area contributed by atoms with Crippen molar-refractivity contribution >= 4 is 19.7 Å². The standard InChI is InChI=1S/C24H36N8O2Si/c1-8-18-24-29-28-17(4)32(24)20-14-25-22(27-23(20)31(18)16(2)3)13-21(33)19-9-10-26-30(19)15-34-11-12-35(5,6)7/h9-10,14,16,18H,8,11-13,15H2,1-7H3/t18-/m1/s1. The van der Waals surface area contributed by atoms with Crippen molar-refractivity contribution in [1.82, 2.24) is 34.5 Å². The van der Waals surface area contributed by atoms with Crippen LogP contribution in [0.2, 0.25) is 25.7 Å². The molecule has 0 saturated heterocycles. The molecular weight excluding hydrogens is 460 g/mol. The fourth-order valence-corrected chi connectivity index (χ4v) is 5.18. The fourth-order valence-electron chi connectivity index (χ4n) is 4.42. The predicted octanol–water partition coefficient (Wildman–Crippen LogP) is 3.98. The van der Waals surface area contributed by atoms with E-state index in [1.54, 1.807) is 23.1 Å². The van der Waals surface area contributed by atoms with Gasteiger partial charge in [0.15, 0.2) is 17.4 Å². The van der Waals surface area contributed by atoms with Crippen molar-refractivity contribution in [1.29, 1.82) is 0 Å². The third-order valence-electron chi connectivity index (χ3n) is 6.24. The molecule has 11 heteroatoms. The number of rotatable bonds is 10. The minimum absolute atomic E-state index is 0.0527. The molecule has 4 heterocycles. The van der Waals surface area contributed by atoms with Gasteiger partial charge in [-0.1, -0.05) is 26.6 Å². The van der Waals surface area contributed by atoms with Crippen LogP contribution in [0.25, 0.3) is 5.69 Å². The molecule has 1 aliphatic rings. The molecule has 0 aromatic carbocycles. The Bertz CT molecular complexity index is 1200. The van der Waals surface area contributed by atoms with Crippen LogP contribution < -0.4 is 4.90 Å². The van der Waals surface area contributed by atoms with Crippen molar-refractivity contribution in [2.24, 2.45) is 0 Å². The number of fused-ring (bicyclic) bond motifs is 3. The van der Waals surface area contributed by atoms with Gasteiger partial charge in [-0.05, 0) is 39.3 Å². The molecule has 35 heavy (non-hydrogen) atoms. The number of carbonyl (C=O) groups is 1. The number of aryl methyl sites for hydroxylation is 1. The first-order valence-corrected chi connectivity index (χ1v) is 16.0. The van der Waals surface area contributed by atoms with E-state index >= 15 is 0 Å². The molecule has 10 nitrogen and oxygen atoms in total. The molecule has 4 rings (SSSR count). The lowest BCUT2D eigenvalue weighted by Gasteiger charge is -2.39. The zero-order valence-electron chi connectivity index (χ0n) is 21.8. The Balaban J connectivity index is 1.56. The van der Waals surface area contributed by atoms with E-state index in [0.29, 0.717) is 18.1 Å². The average Bonchev–Trinajstić information content (AvgIpc) is 3.41. The number of hydrogen-bond donors (Lipinski definition) is 0. The van der Waals surface area contributed by atoms with Gasteiger partial charge in [-0.2, -0.15) is 5.10 Å². The van der Waals surface area contributed by atoms with Crippen LogP contribution in [-0.2, 0) is 17.9 Å². The van der Waals surface area contributed by atoms with Crippen molar-refractivity contribution in [2.45, 2.75) is 85.0 Å². The zero-order chi connectivity index (χ0) is 25.3. The zero-order valence-corrected chi connectivity index (χ0v) is 22.8. The number of nitrogens with zero attached hydrogens (tertiary/aromatic N) is 8. The van der Waals surface area contributed by atoms with Crippen LogP contribution in [-0.4, -0.2) is 61.0 Å². The molecule has 0 unspecified atom stereocenters. The molecule has 0 radical (unpaired) electrons. The Morgan fingerprint density at radius 2 is 2.00 bits per heavy atom. The second kappa shape index (κ2) is 9.98. The Morgan fingerprint density at radius 3 is 2.69 bits per heavy atom. The van der Waals surface area contributed by atoms with Gasteiger partial charge in [-0.25, -0.2) is 14.6 Å². The number of Topliss-reactive ketones (excluding diaryl/α,β-unsaturated/α-hetero) is 1. The third kappa shape index (κ3) is 5.20. The van der Waals surface area contributed by atoms with Gasteiger partial charge in [0.2, 0.25) is 0 Å². The monoisotopic (exact) mass is 496 g/mol. The van der Waals surface area contributed by atoms with Crippen molar-refractivity contribution in [2.75, 3.05) is 11.5 Å². The van der Waals surface area contributed by atoms with Gasteiger partial charge >= 0.3 is 0 Å². The van der Waals surface area contributed by atoms with Gasteiger partial charge in [0.1, 0.15) is 29.8 Å². The second-order valence-electron chi connectivity index (χ2n) is 10.5. The maximum Gasteiger partial charge on any atom is 0.188 e. The Labute approximate surface area is 207 Å². The van der Waals surface area contributed by atoms with E-state index in [2.05, 4.69) is 65.6 Å². The summed E-state index contributed by atoms with van der Waals surface area (Å²) < 4.78 is 9.45. The van der Waals surface area contributed by atoms with Gasteiger partial charge in [0.05, 0.1) is 18.7 Å². The lowest BCUT2D eigenvalue weighted by Crippen LogP contribution is -2.40. The van der Waals surface area contributed by atoms with E-state index in [4.69, 9.17) is 9.72 Å². The summed E-state index contributed by atoms with van der Waals surface area (Å²) in [6, 6.07) is 3.04. The van der Waals surface area contributed by atoms with Gasteiger partial charge in [-0.15, -0.1) is 10.2 Å². The van der Waals surface area contributed by atoms with E-state index < -0.39 is 8.07 Å². The summed E-state index contributed by atoms with van der Waals surface area (Å²) in [6.45, 7) is 16.2. The van der Waals surface area contributed by atoms with Crippen molar-refractivity contribution in [3.8, 4) is 5.69 Å². The molecule has 3 aromatic rings. The number of hydrogen-bond acceptors (Lipinski definition) is 8. The molecule has 1 atom stereocenters. The van der Waals surface area contributed by atoms with Crippen LogP contribution in [0.5, 0.6) is 0 Å². The number of aromatic nitrogens is 7. The highest BCUT2D eigenvalue weighted by atomic mass is 28.3. The maximum absolute atomic E-state index is 13.2. The van der Waals surface area contributed by atoms with E-state index in [-0.39, 0.29) is 31.0 Å².